The number of nitrogens with zero attached hydrogens (tertiary/aromatic N) is 4. The maximum Gasteiger partial charge on any atom is 0.244 e. The van der Waals surface area contributed by atoms with Crippen LogP contribution in [0.2, 0.25) is 0 Å². The lowest BCUT2D eigenvalue weighted by Crippen LogP contribution is -2.49. The molecule has 0 atom stereocenters. The minimum Gasteiger partial charge on any atom is -0.495 e. The van der Waals surface area contributed by atoms with E-state index in [4.69, 9.17) is 10.5 Å². The summed E-state index contributed by atoms with van der Waals surface area (Å²) in [5.74, 6) is 0.164. The SMILES string of the molecule is C/C=C\OCc1cc(N)n(CC(=O)N2CCN(c3ccc(F)cc3)CC2)n1. The van der Waals surface area contributed by atoms with Gasteiger partial charge in [-0.2, -0.15) is 5.10 Å². The molecule has 2 N–H and O–H groups in total. The third-order valence-electron chi connectivity index (χ3n) is 4.43. The summed E-state index contributed by atoms with van der Waals surface area (Å²) in [6.45, 7) is 4.89. The Bertz CT molecular complexity index is 795. The molecule has 27 heavy (non-hydrogen) atoms. The van der Waals surface area contributed by atoms with Crippen LogP contribution < -0.4 is 10.6 Å². The molecule has 0 radical (unpaired) electrons. The van der Waals surface area contributed by atoms with Gasteiger partial charge in [-0.15, -0.1) is 0 Å². The molecule has 0 saturated carbocycles. The zero-order valence-corrected chi connectivity index (χ0v) is 15.3. The molecular formula is C19H24FN5O2. The highest BCUT2D eigenvalue weighted by atomic mass is 19.1. The van der Waals surface area contributed by atoms with E-state index in [0.29, 0.717) is 44.3 Å². The van der Waals surface area contributed by atoms with Crippen molar-refractivity contribution in [3.8, 4) is 0 Å². The van der Waals surface area contributed by atoms with Gasteiger partial charge in [0.2, 0.25) is 5.91 Å². The minimum absolute atomic E-state index is 0.0236. The number of hydrogen-bond donors (Lipinski definition) is 1. The number of aromatic nitrogens is 2. The Morgan fingerprint density at radius 2 is 1.96 bits per heavy atom. The molecular weight excluding hydrogens is 349 g/mol. The van der Waals surface area contributed by atoms with Crippen LogP contribution in [0.4, 0.5) is 15.9 Å². The third kappa shape index (κ3) is 4.78. The lowest BCUT2D eigenvalue weighted by atomic mass is 10.2. The summed E-state index contributed by atoms with van der Waals surface area (Å²) < 4.78 is 19.8. The average molecular weight is 373 g/mol. The summed E-state index contributed by atoms with van der Waals surface area (Å²) in [5.41, 5.74) is 7.59. The van der Waals surface area contributed by atoms with Gasteiger partial charge in [-0.1, -0.05) is 6.08 Å². The second-order valence-corrected chi connectivity index (χ2v) is 6.34. The monoisotopic (exact) mass is 373 g/mol. The largest absolute Gasteiger partial charge is 0.495 e. The second-order valence-electron chi connectivity index (χ2n) is 6.34. The first-order valence-corrected chi connectivity index (χ1v) is 8.90. The summed E-state index contributed by atoms with van der Waals surface area (Å²) in [6, 6.07) is 8.13. The topological polar surface area (TPSA) is 76.6 Å². The highest BCUT2D eigenvalue weighted by Gasteiger charge is 2.22. The Morgan fingerprint density at radius 3 is 2.63 bits per heavy atom. The molecule has 0 aliphatic carbocycles. The van der Waals surface area contributed by atoms with Crippen molar-refractivity contribution in [3.05, 3.63) is 54.2 Å². The van der Waals surface area contributed by atoms with E-state index < -0.39 is 0 Å². The van der Waals surface area contributed by atoms with Crippen molar-refractivity contribution in [2.45, 2.75) is 20.1 Å². The summed E-state index contributed by atoms with van der Waals surface area (Å²) in [7, 11) is 0. The number of benzene rings is 1. The Hall–Kier alpha value is -3.03. The molecule has 1 aromatic carbocycles. The lowest BCUT2D eigenvalue weighted by Gasteiger charge is -2.36. The Kier molecular flexibility index (Phi) is 5.95. The number of nitrogens with two attached hydrogens (primary N) is 1. The van der Waals surface area contributed by atoms with E-state index >= 15 is 0 Å². The van der Waals surface area contributed by atoms with E-state index in [1.807, 2.05) is 6.92 Å². The molecule has 8 heteroatoms. The molecule has 3 rings (SSSR count). The third-order valence-corrected chi connectivity index (χ3v) is 4.43. The first-order valence-electron chi connectivity index (χ1n) is 8.90. The molecule has 2 aromatic rings. The molecule has 1 amide bonds. The highest BCUT2D eigenvalue weighted by molar-refractivity contribution is 5.76. The van der Waals surface area contributed by atoms with Crippen LogP contribution in [0.15, 0.2) is 42.7 Å². The molecule has 0 unspecified atom stereocenters. The number of amides is 1. The fourth-order valence-electron chi connectivity index (χ4n) is 3.01. The fraction of sp³-hybridized carbons (Fsp3) is 0.368. The van der Waals surface area contributed by atoms with Gasteiger partial charge in [-0.05, 0) is 31.2 Å². The van der Waals surface area contributed by atoms with Crippen molar-refractivity contribution >= 4 is 17.4 Å². The van der Waals surface area contributed by atoms with E-state index in [2.05, 4.69) is 10.00 Å². The van der Waals surface area contributed by atoms with Gasteiger partial charge in [0.1, 0.15) is 30.5 Å². The van der Waals surface area contributed by atoms with Gasteiger partial charge in [0, 0.05) is 37.9 Å². The molecule has 0 bridgehead atoms. The zero-order valence-electron chi connectivity index (χ0n) is 15.3. The minimum atomic E-state index is -0.250. The number of rotatable bonds is 6. The van der Waals surface area contributed by atoms with Crippen molar-refractivity contribution in [1.82, 2.24) is 14.7 Å². The molecule has 1 fully saturated rings. The zero-order chi connectivity index (χ0) is 19.2. The molecule has 2 heterocycles. The quantitative estimate of drug-likeness (QED) is 0.784. The Labute approximate surface area is 157 Å². The standard InChI is InChI=1S/C19H24FN5O2/c1-2-11-27-14-16-12-18(21)25(22-16)13-19(26)24-9-7-23(8-10-24)17-5-3-15(20)4-6-17/h2-6,11-12H,7-10,13-14,21H2,1H3/b11-2-. The molecule has 1 saturated heterocycles. The fourth-order valence-corrected chi connectivity index (χ4v) is 3.01. The number of allylic oxidation sites excluding steroid dienone is 1. The summed E-state index contributed by atoms with van der Waals surface area (Å²) in [6.07, 6.45) is 3.37. The molecule has 144 valence electrons. The molecule has 1 aliphatic rings. The first-order chi connectivity index (χ1) is 13.1. The Balaban J connectivity index is 1.53. The van der Waals surface area contributed by atoms with Crippen molar-refractivity contribution < 1.29 is 13.9 Å². The van der Waals surface area contributed by atoms with Gasteiger partial charge in [0.05, 0.1) is 6.26 Å². The molecule has 1 aromatic heterocycles. The number of hydrogen-bond acceptors (Lipinski definition) is 5. The van der Waals surface area contributed by atoms with Crippen LogP contribution in [0.5, 0.6) is 0 Å². The Morgan fingerprint density at radius 1 is 1.26 bits per heavy atom. The number of halogens is 1. The maximum absolute atomic E-state index is 13.0. The van der Waals surface area contributed by atoms with Crippen LogP contribution in [-0.4, -0.2) is 46.8 Å². The predicted octanol–water partition coefficient (Wildman–Crippen LogP) is 2.00. The smallest absolute Gasteiger partial charge is 0.244 e. The number of carbonyl (C=O) groups excluding carboxylic acids is 1. The number of anilines is 2. The van der Waals surface area contributed by atoms with Crippen molar-refractivity contribution in [2.24, 2.45) is 0 Å². The van der Waals surface area contributed by atoms with E-state index in [1.165, 1.54) is 16.8 Å². The van der Waals surface area contributed by atoms with Gasteiger partial charge in [-0.25, -0.2) is 9.07 Å². The summed E-state index contributed by atoms with van der Waals surface area (Å²) in [4.78, 5) is 16.5. The summed E-state index contributed by atoms with van der Waals surface area (Å²) in [5, 5.41) is 4.33. The van der Waals surface area contributed by atoms with Crippen LogP contribution >= 0.6 is 0 Å². The van der Waals surface area contributed by atoms with E-state index in [9.17, 15) is 9.18 Å². The molecule has 0 spiro atoms. The first kappa shape index (κ1) is 18.8. The number of piperazine rings is 1. The number of ether oxygens (including phenoxy) is 1. The van der Waals surface area contributed by atoms with Crippen molar-refractivity contribution in [1.29, 1.82) is 0 Å². The van der Waals surface area contributed by atoms with E-state index in [1.54, 1.807) is 35.4 Å². The van der Waals surface area contributed by atoms with E-state index in [-0.39, 0.29) is 18.3 Å². The van der Waals surface area contributed by atoms with Crippen LogP contribution in [0.1, 0.15) is 12.6 Å². The van der Waals surface area contributed by atoms with Crippen LogP contribution in [0.3, 0.4) is 0 Å². The maximum atomic E-state index is 13.0. The van der Waals surface area contributed by atoms with Gasteiger partial charge in [-0.3, -0.25) is 4.79 Å². The van der Waals surface area contributed by atoms with Crippen LogP contribution in [0, 0.1) is 5.82 Å². The van der Waals surface area contributed by atoms with Gasteiger partial charge < -0.3 is 20.3 Å². The van der Waals surface area contributed by atoms with Crippen LogP contribution in [0.25, 0.3) is 0 Å². The molecule has 1 aliphatic heterocycles. The molecule has 7 nitrogen and oxygen atoms in total. The van der Waals surface area contributed by atoms with Gasteiger partial charge in [0.25, 0.3) is 0 Å². The van der Waals surface area contributed by atoms with Crippen molar-refractivity contribution in [3.63, 3.8) is 0 Å². The number of carbonyl (C=O) groups is 1. The van der Waals surface area contributed by atoms with E-state index in [0.717, 1.165) is 5.69 Å². The summed E-state index contributed by atoms with van der Waals surface area (Å²) >= 11 is 0. The van der Waals surface area contributed by atoms with Crippen molar-refractivity contribution in [2.75, 3.05) is 36.8 Å². The normalized spacial score (nSPS) is 14.7. The second kappa shape index (κ2) is 8.57. The van der Waals surface area contributed by atoms with Gasteiger partial charge in [0.15, 0.2) is 0 Å². The number of nitrogen functional groups attached to an aromatic ring is 1. The van der Waals surface area contributed by atoms with Gasteiger partial charge >= 0.3 is 0 Å². The lowest BCUT2D eigenvalue weighted by molar-refractivity contribution is -0.132. The predicted molar refractivity (Wildman–Crippen MR) is 101 cm³/mol. The average Bonchev–Trinajstić information content (AvgIpc) is 3.02. The van der Waals surface area contributed by atoms with Crippen LogP contribution in [-0.2, 0) is 22.7 Å². The highest BCUT2D eigenvalue weighted by Crippen LogP contribution is 2.17.